The van der Waals surface area contributed by atoms with Crippen LogP contribution in [0, 0.1) is 0 Å². The highest BCUT2D eigenvalue weighted by atomic mass is 79.9. The third kappa shape index (κ3) is 5.35. The van der Waals surface area contributed by atoms with Crippen LogP contribution in [0.5, 0.6) is 5.75 Å². The van der Waals surface area contributed by atoms with Crippen molar-refractivity contribution in [1.82, 2.24) is 10.6 Å². The molecule has 0 radical (unpaired) electrons. The number of hydrogen-bond acceptors (Lipinski definition) is 3. The Morgan fingerprint density at radius 3 is 2.95 bits per heavy atom. The highest BCUT2D eigenvalue weighted by Crippen LogP contribution is 2.28. The van der Waals surface area contributed by atoms with E-state index >= 15 is 0 Å². The summed E-state index contributed by atoms with van der Waals surface area (Å²) < 4.78 is 6.55. The van der Waals surface area contributed by atoms with E-state index < -0.39 is 0 Å². The number of carbonyl (C=O) groups excluding carboxylic acids is 1. The minimum Gasteiger partial charge on any atom is -0.483 e. The fourth-order valence-electron chi connectivity index (χ4n) is 1.79. The Labute approximate surface area is 128 Å². The molecule has 5 heteroatoms. The van der Waals surface area contributed by atoms with Gasteiger partial charge in [0.05, 0.1) is 0 Å². The van der Waals surface area contributed by atoms with Crippen molar-refractivity contribution in [2.75, 3.05) is 19.7 Å². The maximum Gasteiger partial charge on any atom is 0.258 e. The maximum absolute atomic E-state index is 11.6. The van der Waals surface area contributed by atoms with Gasteiger partial charge in [0.1, 0.15) is 5.75 Å². The Morgan fingerprint density at radius 1 is 1.55 bits per heavy atom. The van der Waals surface area contributed by atoms with E-state index in [9.17, 15) is 4.79 Å². The van der Waals surface area contributed by atoms with Crippen LogP contribution in [0.4, 0.5) is 0 Å². The zero-order chi connectivity index (χ0) is 15.0. The molecule has 0 bridgehead atoms. The van der Waals surface area contributed by atoms with Gasteiger partial charge in [-0.05, 0) is 25.6 Å². The normalized spacial score (nSPS) is 11.8. The molecule has 0 aromatic heterocycles. The van der Waals surface area contributed by atoms with Crippen molar-refractivity contribution in [1.29, 1.82) is 0 Å². The summed E-state index contributed by atoms with van der Waals surface area (Å²) in [6.45, 7) is 8.98. The van der Waals surface area contributed by atoms with Crippen LogP contribution >= 0.6 is 15.9 Å². The third-order valence-corrected chi connectivity index (χ3v) is 3.25. The van der Waals surface area contributed by atoms with Gasteiger partial charge in [0, 0.05) is 22.6 Å². The first kappa shape index (κ1) is 16.7. The summed E-state index contributed by atoms with van der Waals surface area (Å²) in [7, 11) is 0. The predicted octanol–water partition coefficient (Wildman–Crippen LogP) is 2.80. The lowest BCUT2D eigenvalue weighted by molar-refractivity contribution is -0.122. The molecule has 2 N–H and O–H groups in total. The SMILES string of the molecule is C=CCNC(=O)COc1cc(Br)ccc1C(C)NCC. The van der Waals surface area contributed by atoms with Crippen LogP contribution in [0.15, 0.2) is 35.3 Å². The van der Waals surface area contributed by atoms with Crippen molar-refractivity contribution in [3.8, 4) is 5.75 Å². The molecule has 1 atom stereocenters. The van der Waals surface area contributed by atoms with Crippen LogP contribution in [0.1, 0.15) is 25.5 Å². The largest absolute Gasteiger partial charge is 0.483 e. The molecule has 110 valence electrons. The van der Waals surface area contributed by atoms with Crippen LogP contribution in [-0.2, 0) is 4.79 Å². The van der Waals surface area contributed by atoms with E-state index in [1.165, 1.54) is 0 Å². The van der Waals surface area contributed by atoms with Gasteiger partial charge in [-0.2, -0.15) is 0 Å². The van der Waals surface area contributed by atoms with Gasteiger partial charge in [-0.15, -0.1) is 6.58 Å². The smallest absolute Gasteiger partial charge is 0.258 e. The van der Waals surface area contributed by atoms with Crippen molar-refractivity contribution >= 4 is 21.8 Å². The summed E-state index contributed by atoms with van der Waals surface area (Å²) in [6, 6.07) is 6.01. The number of hydrogen-bond donors (Lipinski definition) is 2. The van der Waals surface area contributed by atoms with Crippen molar-refractivity contribution in [2.45, 2.75) is 19.9 Å². The Morgan fingerprint density at radius 2 is 2.30 bits per heavy atom. The van der Waals surface area contributed by atoms with E-state index in [1.54, 1.807) is 6.08 Å². The molecule has 4 nitrogen and oxygen atoms in total. The first-order valence-electron chi connectivity index (χ1n) is 6.61. The van der Waals surface area contributed by atoms with Gasteiger partial charge >= 0.3 is 0 Å². The lowest BCUT2D eigenvalue weighted by Crippen LogP contribution is -2.29. The summed E-state index contributed by atoms with van der Waals surface area (Å²) in [5, 5.41) is 6.02. The van der Waals surface area contributed by atoms with Gasteiger partial charge in [-0.1, -0.05) is 35.0 Å². The number of rotatable bonds is 8. The van der Waals surface area contributed by atoms with E-state index in [0.717, 1.165) is 16.6 Å². The first-order valence-corrected chi connectivity index (χ1v) is 7.41. The predicted molar refractivity (Wildman–Crippen MR) is 84.9 cm³/mol. The maximum atomic E-state index is 11.6. The zero-order valence-corrected chi connectivity index (χ0v) is 13.5. The van der Waals surface area contributed by atoms with Crippen molar-refractivity contribution in [3.63, 3.8) is 0 Å². The second-order valence-electron chi connectivity index (χ2n) is 4.34. The number of ether oxygens (including phenoxy) is 1. The average molecular weight is 341 g/mol. The van der Waals surface area contributed by atoms with E-state index in [2.05, 4.69) is 47.0 Å². The Balaban J connectivity index is 2.74. The molecule has 1 rings (SSSR count). The van der Waals surface area contributed by atoms with E-state index in [0.29, 0.717) is 12.3 Å². The minimum atomic E-state index is -0.160. The zero-order valence-electron chi connectivity index (χ0n) is 11.9. The van der Waals surface area contributed by atoms with Gasteiger partial charge in [0.2, 0.25) is 0 Å². The van der Waals surface area contributed by atoms with Gasteiger partial charge in [0.25, 0.3) is 5.91 Å². The highest BCUT2D eigenvalue weighted by molar-refractivity contribution is 9.10. The standard InChI is InChI=1S/C15H21BrN2O2/c1-4-8-18-15(19)10-20-14-9-12(16)6-7-13(14)11(3)17-5-2/h4,6-7,9,11,17H,1,5,8,10H2,2-3H3,(H,18,19). The Hall–Kier alpha value is -1.33. The number of amides is 1. The van der Waals surface area contributed by atoms with Crippen LogP contribution < -0.4 is 15.4 Å². The second kappa shape index (κ2) is 8.76. The van der Waals surface area contributed by atoms with Crippen molar-refractivity contribution < 1.29 is 9.53 Å². The molecular weight excluding hydrogens is 320 g/mol. The molecule has 1 aromatic rings. The van der Waals surface area contributed by atoms with Crippen molar-refractivity contribution in [2.24, 2.45) is 0 Å². The number of benzene rings is 1. The van der Waals surface area contributed by atoms with Gasteiger partial charge < -0.3 is 15.4 Å². The topological polar surface area (TPSA) is 50.4 Å². The van der Waals surface area contributed by atoms with Crippen LogP contribution in [0.2, 0.25) is 0 Å². The average Bonchev–Trinajstić information content (AvgIpc) is 2.43. The molecular formula is C15H21BrN2O2. The molecule has 0 fully saturated rings. The lowest BCUT2D eigenvalue weighted by Gasteiger charge is -2.18. The molecule has 0 aliphatic rings. The molecule has 1 amide bonds. The number of carbonyl (C=O) groups is 1. The van der Waals surface area contributed by atoms with Crippen LogP contribution in [0.3, 0.4) is 0 Å². The molecule has 0 saturated heterocycles. The monoisotopic (exact) mass is 340 g/mol. The Kier molecular flexibility index (Phi) is 7.33. The molecule has 1 unspecified atom stereocenters. The second-order valence-corrected chi connectivity index (χ2v) is 5.26. The number of nitrogens with one attached hydrogen (secondary N) is 2. The van der Waals surface area contributed by atoms with Crippen molar-refractivity contribution in [3.05, 3.63) is 40.9 Å². The van der Waals surface area contributed by atoms with E-state index in [1.807, 2.05) is 18.2 Å². The Bertz CT molecular complexity index is 463. The molecule has 0 heterocycles. The fourth-order valence-corrected chi connectivity index (χ4v) is 2.13. The first-order chi connectivity index (χ1) is 9.58. The van der Waals surface area contributed by atoms with Gasteiger partial charge in [-0.25, -0.2) is 0 Å². The molecule has 1 aromatic carbocycles. The molecule has 0 aliphatic heterocycles. The molecule has 0 saturated carbocycles. The fraction of sp³-hybridized carbons (Fsp3) is 0.400. The lowest BCUT2D eigenvalue weighted by atomic mass is 10.1. The molecule has 0 aliphatic carbocycles. The summed E-state index contributed by atoms with van der Waals surface area (Å²) in [6.07, 6.45) is 1.63. The van der Waals surface area contributed by atoms with Gasteiger partial charge in [-0.3, -0.25) is 4.79 Å². The quantitative estimate of drug-likeness (QED) is 0.715. The van der Waals surface area contributed by atoms with Crippen LogP contribution in [-0.4, -0.2) is 25.6 Å². The van der Waals surface area contributed by atoms with E-state index in [-0.39, 0.29) is 18.6 Å². The minimum absolute atomic E-state index is 0.00383. The van der Waals surface area contributed by atoms with E-state index in [4.69, 9.17) is 4.74 Å². The summed E-state index contributed by atoms with van der Waals surface area (Å²) >= 11 is 3.42. The summed E-state index contributed by atoms with van der Waals surface area (Å²) in [5.41, 5.74) is 1.03. The summed E-state index contributed by atoms with van der Waals surface area (Å²) in [5.74, 6) is 0.550. The molecule has 20 heavy (non-hydrogen) atoms. The molecule has 0 spiro atoms. The highest BCUT2D eigenvalue weighted by Gasteiger charge is 2.12. The van der Waals surface area contributed by atoms with Gasteiger partial charge in [0.15, 0.2) is 6.61 Å². The summed E-state index contributed by atoms with van der Waals surface area (Å²) in [4.78, 5) is 11.6. The van der Waals surface area contributed by atoms with Crippen LogP contribution in [0.25, 0.3) is 0 Å². The number of halogens is 1. The third-order valence-electron chi connectivity index (χ3n) is 2.75.